The second-order valence-electron chi connectivity index (χ2n) is 4.47. The van der Waals surface area contributed by atoms with Crippen molar-refractivity contribution in [3.8, 4) is 0 Å². The fourth-order valence-electron chi connectivity index (χ4n) is 1.85. The lowest BCUT2D eigenvalue weighted by molar-refractivity contribution is -0.142. The number of aryl methyl sites for hydroxylation is 1. The fraction of sp³-hybridized carbons (Fsp3) is 0.462. The van der Waals surface area contributed by atoms with Crippen LogP contribution < -0.4 is 11.4 Å². The summed E-state index contributed by atoms with van der Waals surface area (Å²) in [6, 6.07) is 4.85. The molecule has 1 atom stereocenters. The SMILES string of the molecule is COC(=O)C(N)CCSCCn1nc2ccccn2c1=O. The van der Waals surface area contributed by atoms with Crippen molar-refractivity contribution in [3.63, 3.8) is 0 Å². The first-order valence-electron chi connectivity index (χ1n) is 6.59. The lowest BCUT2D eigenvalue weighted by Gasteiger charge is -2.08. The van der Waals surface area contributed by atoms with Gasteiger partial charge in [0, 0.05) is 11.9 Å². The Balaban J connectivity index is 1.79. The molecule has 21 heavy (non-hydrogen) atoms. The van der Waals surface area contributed by atoms with E-state index in [0.29, 0.717) is 18.6 Å². The first-order chi connectivity index (χ1) is 10.1. The molecule has 1 unspecified atom stereocenters. The quantitative estimate of drug-likeness (QED) is 0.577. The van der Waals surface area contributed by atoms with Gasteiger partial charge in [-0.3, -0.25) is 9.20 Å². The van der Waals surface area contributed by atoms with Gasteiger partial charge >= 0.3 is 11.7 Å². The van der Waals surface area contributed by atoms with Crippen LogP contribution in [0.4, 0.5) is 0 Å². The third-order valence-electron chi connectivity index (χ3n) is 3.01. The number of carbonyl (C=O) groups excluding carboxylic acids is 1. The number of esters is 1. The zero-order valence-electron chi connectivity index (χ0n) is 11.8. The van der Waals surface area contributed by atoms with E-state index < -0.39 is 12.0 Å². The van der Waals surface area contributed by atoms with Gasteiger partial charge in [-0.05, 0) is 24.3 Å². The molecule has 2 aromatic rings. The summed E-state index contributed by atoms with van der Waals surface area (Å²) in [5.74, 6) is 1.07. The summed E-state index contributed by atoms with van der Waals surface area (Å²) < 4.78 is 7.52. The molecule has 0 aliphatic heterocycles. The molecule has 2 heterocycles. The lowest BCUT2D eigenvalue weighted by atomic mass is 10.2. The molecule has 0 aromatic carbocycles. The molecule has 0 spiro atoms. The summed E-state index contributed by atoms with van der Waals surface area (Å²) in [7, 11) is 1.32. The maximum atomic E-state index is 12.0. The average molecular weight is 310 g/mol. The molecule has 2 aromatic heterocycles. The van der Waals surface area contributed by atoms with Crippen LogP contribution in [0.3, 0.4) is 0 Å². The van der Waals surface area contributed by atoms with E-state index in [1.165, 1.54) is 16.2 Å². The minimum Gasteiger partial charge on any atom is -0.468 e. The van der Waals surface area contributed by atoms with Crippen molar-refractivity contribution >= 4 is 23.4 Å². The number of hydrogen-bond donors (Lipinski definition) is 1. The van der Waals surface area contributed by atoms with Crippen LogP contribution in [0.2, 0.25) is 0 Å². The van der Waals surface area contributed by atoms with Crippen LogP contribution in [0, 0.1) is 0 Å². The summed E-state index contributed by atoms with van der Waals surface area (Å²) in [6.45, 7) is 0.526. The van der Waals surface area contributed by atoms with Crippen molar-refractivity contribution in [2.24, 2.45) is 5.73 Å². The summed E-state index contributed by atoms with van der Waals surface area (Å²) in [5.41, 5.74) is 6.14. The molecule has 7 nitrogen and oxygen atoms in total. The van der Waals surface area contributed by atoms with E-state index >= 15 is 0 Å². The Labute approximate surface area is 126 Å². The molecular formula is C13H18N4O3S. The molecule has 0 bridgehead atoms. The normalized spacial score (nSPS) is 12.5. The van der Waals surface area contributed by atoms with Gasteiger partial charge in [0.05, 0.1) is 13.7 Å². The largest absolute Gasteiger partial charge is 0.468 e. The number of fused-ring (bicyclic) bond motifs is 1. The Hall–Kier alpha value is -1.80. The van der Waals surface area contributed by atoms with Crippen LogP contribution in [0.25, 0.3) is 5.65 Å². The van der Waals surface area contributed by atoms with Crippen molar-refractivity contribution in [2.75, 3.05) is 18.6 Å². The summed E-state index contributed by atoms with van der Waals surface area (Å²) in [4.78, 5) is 23.1. The van der Waals surface area contributed by atoms with Gasteiger partial charge < -0.3 is 10.5 Å². The number of rotatable bonds is 7. The maximum absolute atomic E-state index is 12.0. The Kier molecular flexibility index (Phi) is 5.40. The number of aromatic nitrogens is 3. The molecule has 2 N–H and O–H groups in total. The molecule has 0 aliphatic carbocycles. The van der Waals surface area contributed by atoms with Crippen molar-refractivity contribution < 1.29 is 9.53 Å². The second kappa shape index (κ2) is 7.28. The van der Waals surface area contributed by atoms with Crippen molar-refractivity contribution in [2.45, 2.75) is 19.0 Å². The molecule has 8 heteroatoms. The van der Waals surface area contributed by atoms with Gasteiger partial charge in [-0.15, -0.1) is 5.10 Å². The Morgan fingerprint density at radius 1 is 1.48 bits per heavy atom. The molecule has 0 radical (unpaired) electrons. The minimum absolute atomic E-state index is 0.141. The summed E-state index contributed by atoms with van der Waals surface area (Å²) >= 11 is 1.63. The van der Waals surface area contributed by atoms with Crippen LogP contribution in [-0.4, -0.2) is 44.8 Å². The molecule has 0 amide bonds. The smallest absolute Gasteiger partial charge is 0.350 e. The van der Waals surface area contributed by atoms with Crippen molar-refractivity contribution in [1.29, 1.82) is 0 Å². The van der Waals surface area contributed by atoms with Crippen LogP contribution in [-0.2, 0) is 16.1 Å². The molecule has 114 valence electrons. The molecule has 0 fully saturated rings. The van der Waals surface area contributed by atoms with Gasteiger partial charge in [-0.2, -0.15) is 11.8 Å². The van der Waals surface area contributed by atoms with E-state index in [4.69, 9.17) is 5.73 Å². The minimum atomic E-state index is -0.583. The van der Waals surface area contributed by atoms with Gasteiger partial charge in [0.2, 0.25) is 0 Å². The number of methoxy groups -OCH3 is 1. The molecule has 0 saturated heterocycles. The van der Waals surface area contributed by atoms with Gasteiger partial charge in [-0.1, -0.05) is 6.07 Å². The maximum Gasteiger partial charge on any atom is 0.350 e. The highest BCUT2D eigenvalue weighted by Crippen LogP contribution is 2.05. The zero-order chi connectivity index (χ0) is 15.2. The van der Waals surface area contributed by atoms with Gasteiger partial charge in [0.15, 0.2) is 5.65 Å². The van der Waals surface area contributed by atoms with Crippen LogP contribution >= 0.6 is 11.8 Å². The molecule has 2 rings (SSSR count). The standard InChI is InChI=1S/C13H18N4O3S/c1-20-12(18)10(14)5-8-21-9-7-17-13(19)16-6-3-2-4-11(16)15-17/h2-4,6,10H,5,7-9,14H2,1H3. The summed E-state index contributed by atoms with van der Waals surface area (Å²) in [6.07, 6.45) is 2.25. The molecule has 0 aliphatic rings. The van der Waals surface area contributed by atoms with E-state index in [2.05, 4.69) is 9.84 Å². The fourth-order valence-corrected chi connectivity index (χ4v) is 2.77. The highest BCUT2D eigenvalue weighted by atomic mass is 32.2. The number of ether oxygens (including phenoxy) is 1. The average Bonchev–Trinajstić information content (AvgIpc) is 2.83. The highest BCUT2D eigenvalue weighted by molar-refractivity contribution is 7.99. The van der Waals surface area contributed by atoms with Crippen LogP contribution in [0.5, 0.6) is 0 Å². The van der Waals surface area contributed by atoms with E-state index in [1.807, 2.05) is 6.07 Å². The summed E-state index contributed by atoms with van der Waals surface area (Å²) in [5, 5.41) is 4.24. The number of thioether (sulfide) groups is 1. The van der Waals surface area contributed by atoms with Crippen molar-refractivity contribution in [3.05, 3.63) is 34.9 Å². The second-order valence-corrected chi connectivity index (χ2v) is 5.69. The van der Waals surface area contributed by atoms with Gasteiger partial charge in [0.25, 0.3) is 0 Å². The Bertz CT molecular complexity index is 667. The molecular weight excluding hydrogens is 292 g/mol. The number of carbonyl (C=O) groups is 1. The van der Waals surface area contributed by atoms with Gasteiger partial charge in [0.1, 0.15) is 6.04 Å². The molecule has 0 saturated carbocycles. The third-order valence-corrected chi connectivity index (χ3v) is 4.01. The highest BCUT2D eigenvalue weighted by Gasteiger charge is 2.12. The van der Waals surface area contributed by atoms with E-state index in [0.717, 1.165) is 11.5 Å². The Morgan fingerprint density at radius 2 is 2.29 bits per heavy atom. The predicted molar refractivity (Wildman–Crippen MR) is 81.4 cm³/mol. The lowest BCUT2D eigenvalue weighted by Crippen LogP contribution is -2.32. The van der Waals surface area contributed by atoms with E-state index in [1.54, 1.807) is 30.1 Å². The van der Waals surface area contributed by atoms with Crippen LogP contribution in [0.15, 0.2) is 29.2 Å². The number of hydrogen-bond acceptors (Lipinski definition) is 6. The third kappa shape index (κ3) is 3.85. The van der Waals surface area contributed by atoms with Crippen LogP contribution in [0.1, 0.15) is 6.42 Å². The topological polar surface area (TPSA) is 91.6 Å². The monoisotopic (exact) mass is 310 g/mol. The first kappa shape index (κ1) is 15.6. The van der Waals surface area contributed by atoms with E-state index in [-0.39, 0.29) is 5.69 Å². The predicted octanol–water partition coefficient (Wildman–Crippen LogP) is 0.120. The van der Waals surface area contributed by atoms with E-state index in [9.17, 15) is 9.59 Å². The number of nitrogens with two attached hydrogens (primary N) is 1. The van der Waals surface area contributed by atoms with Crippen molar-refractivity contribution in [1.82, 2.24) is 14.2 Å². The number of pyridine rings is 1. The zero-order valence-corrected chi connectivity index (χ0v) is 12.6. The first-order valence-corrected chi connectivity index (χ1v) is 7.74. The number of nitrogens with zero attached hydrogens (tertiary/aromatic N) is 3. The van der Waals surface area contributed by atoms with Gasteiger partial charge in [-0.25, -0.2) is 9.48 Å². The Morgan fingerprint density at radius 3 is 3.00 bits per heavy atom.